The Kier molecular flexibility index (Phi) is 3.19. The number of halogens is 1. The van der Waals surface area contributed by atoms with Crippen molar-refractivity contribution in [2.45, 2.75) is 23.8 Å². The normalized spacial score (nSPS) is 32.6. The fourth-order valence-corrected chi connectivity index (χ4v) is 2.03. The monoisotopic (exact) mass is 258 g/mol. The molecule has 4 atom stereocenters. The molecule has 1 saturated heterocycles. The first-order chi connectivity index (χ1) is 8.04. The maximum Gasteiger partial charge on any atom is 0.330 e. The summed E-state index contributed by atoms with van der Waals surface area (Å²) in [4.78, 5) is 24.5. The van der Waals surface area contributed by atoms with Gasteiger partial charge in [0, 0.05) is 12.3 Å². The molecule has 0 amide bonds. The first kappa shape index (κ1) is 12.1. The minimum atomic E-state index is -0.946. The lowest BCUT2D eigenvalue weighted by molar-refractivity contribution is 0.00536. The number of rotatable bonds is 2. The second-order valence-electron chi connectivity index (χ2n) is 3.68. The maximum atomic E-state index is 11.5. The van der Waals surface area contributed by atoms with E-state index in [9.17, 15) is 14.7 Å². The second-order valence-corrected chi connectivity index (χ2v) is 4.18. The SMILES string of the molecule is C=C[C@@H]1O[C@H](n2ccc(=O)[nH]c2=O)[C@H](Cl)[C@@H]1O. The molecule has 6 nitrogen and oxygen atoms in total. The molecule has 17 heavy (non-hydrogen) atoms. The van der Waals surface area contributed by atoms with E-state index in [0.29, 0.717) is 0 Å². The summed E-state index contributed by atoms with van der Waals surface area (Å²) in [6.45, 7) is 3.50. The summed E-state index contributed by atoms with van der Waals surface area (Å²) in [5.41, 5.74) is -1.14. The minimum absolute atomic E-state index is 0.504. The van der Waals surface area contributed by atoms with Crippen molar-refractivity contribution in [2.24, 2.45) is 0 Å². The van der Waals surface area contributed by atoms with Crippen LogP contribution in [0.15, 0.2) is 34.5 Å². The van der Waals surface area contributed by atoms with Gasteiger partial charge in [0.25, 0.3) is 5.56 Å². The number of aromatic amines is 1. The van der Waals surface area contributed by atoms with Crippen LogP contribution in [-0.2, 0) is 4.74 Å². The van der Waals surface area contributed by atoms with E-state index in [1.807, 2.05) is 0 Å². The molecule has 92 valence electrons. The standard InChI is InChI=1S/C10H11ClN2O4/c1-2-5-8(15)7(11)9(17-5)13-4-3-6(14)12-10(13)16/h2-5,7-9,15H,1H2,(H,12,14,16)/t5-,7+,8+,9-/m0/s1. The Morgan fingerprint density at radius 2 is 2.29 bits per heavy atom. The number of nitrogens with zero attached hydrogens (tertiary/aromatic N) is 1. The van der Waals surface area contributed by atoms with Gasteiger partial charge in [0.15, 0.2) is 6.23 Å². The van der Waals surface area contributed by atoms with Crippen LogP contribution in [0.2, 0.25) is 0 Å². The zero-order chi connectivity index (χ0) is 12.6. The van der Waals surface area contributed by atoms with E-state index in [0.717, 1.165) is 4.57 Å². The molecule has 0 radical (unpaired) electrons. The second kappa shape index (κ2) is 4.48. The molecule has 0 aromatic carbocycles. The highest BCUT2D eigenvalue weighted by Crippen LogP contribution is 2.32. The molecule has 1 aromatic heterocycles. The number of aromatic nitrogens is 2. The molecule has 1 aliphatic heterocycles. The van der Waals surface area contributed by atoms with Gasteiger partial charge in [0.2, 0.25) is 0 Å². The van der Waals surface area contributed by atoms with Crippen molar-refractivity contribution in [1.29, 1.82) is 0 Å². The molecular weight excluding hydrogens is 248 g/mol. The Labute approximate surface area is 101 Å². The molecule has 0 saturated carbocycles. The summed E-state index contributed by atoms with van der Waals surface area (Å²) < 4.78 is 6.51. The van der Waals surface area contributed by atoms with Gasteiger partial charge in [-0.05, 0) is 0 Å². The fourth-order valence-electron chi connectivity index (χ4n) is 1.71. The molecule has 1 fully saturated rings. The predicted octanol–water partition coefficient (Wildman–Crippen LogP) is -0.412. The molecule has 1 aliphatic rings. The molecule has 0 bridgehead atoms. The highest BCUT2D eigenvalue weighted by Gasteiger charge is 2.42. The van der Waals surface area contributed by atoms with Gasteiger partial charge in [-0.1, -0.05) is 6.08 Å². The molecule has 0 unspecified atom stereocenters. The maximum absolute atomic E-state index is 11.5. The molecule has 2 heterocycles. The van der Waals surface area contributed by atoms with E-state index in [1.54, 1.807) is 0 Å². The predicted molar refractivity (Wildman–Crippen MR) is 61.1 cm³/mol. The quantitative estimate of drug-likeness (QED) is 0.558. The molecule has 7 heteroatoms. The summed E-state index contributed by atoms with van der Waals surface area (Å²) in [5.74, 6) is 0. The van der Waals surface area contributed by atoms with Gasteiger partial charge < -0.3 is 9.84 Å². The highest BCUT2D eigenvalue weighted by molar-refractivity contribution is 6.21. The Morgan fingerprint density at radius 1 is 1.59 bits per heavy atom. The largest absolute Gasteiger partial charge is 0.388 e. The highest BCUT2D eigenvalue weighted by atomic mass is 35.5. The number of aliphatic hydroxyl groups excluding tert-OH is 1. The van der Waals surface area contributed by atoms with Crippen LogP contribution in [0.1, 0.15) is 6.23 Å². The van der Waals surface area contributed by atoms with Gasteiger partial charge in [-0.3, -0.25) is 14.3 Å². The smallest absolute Gasteiger partial charge is 0.330 e. The number of alkyl halides is 1. The van der Waals surface area contributed by atoms with Crippen LogP contribution in [0.5, 0.6) is 0 Å². The van der Waals surface area contributed by atoms with Crippen molar-refractivity contribution >= 4 is 11.6 Å². The number of hydrogen-bond acceptors (Lipinski definition) is 4. The van der Waals surface area contributed by atoms with Crippen LogP contribution < -0.4 is 11.2 Å². The Balaban J connectivity index is 2.38. The third-order valence-electron chi connectivity index (χ3n) is 2.59. The first-order valence-corrected chi connectivity index (χ1v) is 5.40. The lowest BCUT2D eigenvalue weighted by Crippen LogP contribution is -2.35. The van der Waals surface area contributed by atoms with Crippen LogP contribution in [0.3, 0.4) is 0 Å². The molecule has 2 rings (SSSR count). The van der Waals surface area contributed by atoms with Crippen LogP contribution >= 0.6 is 11.6 Å². The van der Waals surface area contributed by atoms with Crippen molar-refractivity contribution in [3.8, 4) is 0 Å². The number of ether oxygens (including phenoxy) is 1. The van der Waals surface area contributed by atoms with Crippen LogP contribution in [0, 0.1) is 0 Å². The van der Waals surface area contributed by atoms with E-state index in [-0.39, 0.29) is 0 Å². The zero-order valence-electron chi connectivity index (χ0n) is 8.75. The topological polar surface area (TPSA) is 84.3 Å². The van der Waals surface area contributed by atoms with E-state index in [1.165, 1.54) is 18.3 Å². The number of aliphatic hydroxyl groups is 1. The third kappa shape index (κ3) is 2.06. The Morgan fingerprint density at radius 3 is 2.82 bits per heavy atom. The van der Waals surface area contributed by atoms with Gasteiger partial charge in [0.05, 0.1) is 0 Å². The van der Waals surface area contributed by atoms with Gasteiger partial charge in [0.1, 0.15) is 17.6 Å². The van der Waals surface area contributed by atoms with Gasteiger partial charge in [-0.25, -0.2) is 4.79 Å². The van der Waals surface area contributed by atoms with Crippen LogP contribution in [-0.4, -0.2) is 32.2 Å². The summed E-state index contributed by atoms with van der Waals surface area (Å²) in [5, 5.41) is 8.93. The summed E-state index contributed by atoms with van der Waals surface area (Å²) in [6.07, 6.45) is 0.272. The summed E-state index contributed by atoms with van der Waals surface area (Å²) in [7, 11) is 0. The van der Waals surface area contributed by atoms with Gasteiger partial charge >= 0.3 is 5.69 Å². The molecular formula is C10H11ClN2O4. The van der Waals surface area contributed by atoms with Crippen molar-refractivity contribution in [2.75, 3.05) is 0 Å². The molecule has 1 aromatic rings. The number of hydrogen-bond donors (Lipinski definition) is 2. The minimum Gasteiger partial charge on any atom is -0.388 e. The summed E-state index contributed by atoms with van der Waals surface area (Å²) >= 11 is 5.97. The van der Waals surface area contributed by atoms with E-state index in [4.69, 9.17) is 16.3 Å². The number of nitrogens with one attached hydrogen (secondary N) is 1. The van der Waals surface area contributed by atoms with Crippen molar-refractivity contribution in [1.82, 2.24) is 9.55 Å². The Bertz CT molecular complexity index is 538. The van der Waals surface area contributed by atoms with E-state index < -0.39 is 35.1 Å². The Hall–Kier alpha value is -1.37. The van der Waals surface area contributed by atoms with E-state index in [2.05, 4.69) is 11.6 Å². The lowest BCUT2D eigenvalue weighted by Gasteiger charge is -2.15. The van der Waals surface area contributed by atoms with Crippen LogP contribution in [0.4, 0.5) is 0 Å². The van der Waals surface area contributed by atoms with Crippen molar-refractivity contribution in [3.05, 3.63) is 45.8 Å². The lowest BCUT2D eigenvalue weighted by atomic mass is 10.2. The van der Waals surface area contributed by atoms with Gasteiger partial charge in [-0.2, -0.15) is 0 Å². The molecule has 0 aliphatic carbocycles. The zero-order valence-corrected chi connectivity index (χ0v) is 9.50. The average Bonchev–Trinajstić information content (AvgIpc) is 2.57. The first-order valence-electron chi connectivity index (χ1n) is 4.96. The molecule has 2 N–H and O–H groups in total. The fraction of sp³-hybridized carbons (Fsp3) is 0.400. The van der Waals surface area contributed by atoms with Crippen molar-refractivity contribution < 1.29 is 9.84 Å². The van der Waals surface area contributed by atoms with Crippen LogP contribution in [0.25, 0.3) is 0 Å². The number of H-pyrrole nitrogens is 1. The van der Waals surface area contributed by atoms with Gasteiger partial charge in [-0.15, -0.1) is 18.2 Å². The third-order valence-corrected chi connectivity index (χ3v) is 3.06. The molecule has 0 spiro atoms. The summed E-state index contributed by atoms with van der Waals surface area (Å²) in [6, 6.07) is 1.18. The van der Waals surface area contributed by atoms with Crippen molar-refractivity contribution in [3.63, 3.8) is 0 Å². The van der Waals surface area contributed by atoms with E-state index >= 15 is 0 Å². The average molecular weight is 259 g/mol.